The van der Waals surface area contributed by atoms with Crippen molar-refractivity contribution in [2.24, 2.45) is 0 Å². The standard InChI is InChI=1S/C31H28FN3O4/c1-38-28-23-24(31(37)35(30(23)36)18-19-12-14-22(32)15-13-19)29(26-25(28)33-16-17-34-26)39-27(20-8-4-2-5-9-20)21-10-6-3-7-11-21/h2-15,27,33-34,36-37H,16-18H2,1H3. The number of benzene rings is 4. The number of nitrogens with zero attached hydrogens (tertiary/aromatic N) is 1. The van der Waals surface area contributed by atoms with Gasteiger partial charge < -0.3 is 30.3 Å². The average Bonchev–Trinajstić information content (AvgIpc) is 3.22. The summed E-state index contributed by atoms with van der Waals surface area (Å²) in [7, 11) is 1.52. The Balaban J connectivity index is 1.59. The molecule has 0 aliphatic carbocycles. The Morgan fingerprint density at radius 1 is 0.769 bits per heavy atom. The minimum absolute atomic E-state index is 0.113. The zero-order valence-corrected chi connectivity index (χ0v) is 21.3. The first-order valence-corrected chi connectivity index (χ1v) is 12.7. The average molecular weight is 526 g/mol. The van der Waals surface area contributed by atoms with Crippen LogP contribution in [0, 0.1) is 5.82 Å². The molecule has 7 nitrogen and oxygen atoms in total. The summed E-state index contributed by atoms with van der Waals surface area (Å²) < 4.78 is 27.5. The molecule has 2 heterocycles. The number of halogens is 1. The molecule has 0 spiro atoms. The fraction of sp³-hybridized carbons (Fsp3) is 0.161. The van der Waals surface area contributed by atoms with E-state index in [4.69, 9.17) is 9.47 Å². The SMILES string of the molecule is COc1c2c(c(OC(c3ccccc3)c3ccccc3)c3c(O)n(Cc4ccc(F)cc4)c(O)c13)NCCN2. The first kappa shape index (κ1) is 24.5. The van der Waals surface area contributed by atoms with E-state index < -0.39 is 6.10 Å². The van der Waals surface area contributed by atoms with Crippen LogP contribution in [0.4, 0.5) is 15.8 Å². The summed E-state index contributed by atoms with van der Waals surface area (Å²) in [4.78, 5) is 0. The summed E-state index contributed by atoms with van der Waals surface area (Å²) in [5, 5.41) is 30.4. The van der Waals surface area contributed by atoms with Gasteiger partial charge in [0.1, 0.15) is 23.3 Å². The van der Waals surface area contributed by atoms with Gasteiger partial charge in [0, 0.05) is 13.1 Å². The Labute approximate surface area is 225 Å². The van der Waals surface area contributed by atoms with Crippen molar-refractivity contribution in [3.63, 3.8) is 0 Å². The van der Waals surface area contributed by atoms with Crippen molar-refractivity contribution in [2.45, 2.75) is 12.6 Å². The number of aromatic nitrogens is 1. The molecule has 1 aliphatic rings. The number of hydrogen-bond acceptors (Lipinski definition) is 6. The third-order valence-corrected chi connectivity index (χ3v) is 6.99. The van der Waals surface area contributed by atoms with Gasteiger partial charge in [-0.15, -0.1) is 0 Å². The van der Waals surface area contributed by atoms with Gasteiger partial charge in [-0.1, -0.05) is 72.8 Å². The summed E-state index contributed by atoms with van der Waals surface area (Å²) >= 11 is 0. The van der Waals surface area contributed by atoms with Crippen molar-refractivity contribution in [1.29, 1.82) is 0 Å². The molecule has 0 radical (unpaired) electrons. The topological polar surface area (TPSA) is 87.9 Å². The molecule has 6 rings (SSSR count). The fourth-order valence-corrected chi connectivity index (χ4v) is 5.16. The highest BCUT2D eigenvalue weighted by molar-refractivity contribution is 6.11. The van der Waals surface area contributed by atoms with E-state index in [9.17, 15) is 14.6 Å². The quantitative estimate of drug-likeness (QED) is 0.201. The molecule has 0 bridgehead atoms. The summed E-state index contributed by atoms with van der Waals surface area (Å²) in [5.74, 6) is 0.0484. The zero-order chi connectivity index (χ0) is 26.9. The van der Waals surface area contributed by atoms with Crippen LogP contribution in [-0.2, 0) is 6.54 Å². The summed E-state index contributed by atoms with van der Waals surface area (Å²) in [6.07, 6.45) is -0.501. The van der Waals surface area contributed by atoms with Crippen molar-refractivity contribution in [3.8, 4) is 23.3 Å². The van der Waals surface area contributed by atoms with Gasteiger partial charge in [-0.25, -0.2) is 4.39 Å². The lowest BCUT2D eigenvalue weighted by Gasteiger charge is -2.28. The van der Waals surface area contributed by atoms with Gasteiger partial charge in [0.2, 0.25) is 11.8 Å². The van der Waals surface area contributed by atoms with Crippen molar-refractivity contribution in [2.75, 3.05) is 30.8 Å². The molecule has 1 aromatic heterocycles. The number of rotatable bonds is 7. The van der Waals surface area contributed by atoms with Crippen molar-refractivity contribution in [3.05, 3.63) is 107 Å². The van der Waals surface area contributed by atoms with Crippen LogP contribution in [0.5, 0.6) is 23.3 Å². The molecule has 0 saturated carbocycles. The zero-order valence-electron chi connectivity index (χ0n) is 21.3. The number of ether oxygens (including phenoxy) is 2. The summed E-state index contributed by atoms with van der Waals surface area (Å²) in [6.45, 7) is 1.38. The molecule has 8 heteroatoms. The minimum Gasteiger partial charge on any atom is -0.494 e. The molecule has 0 atom stereocenters. The molecule has 39 heavy (non-hydrogen) atoms. The maximum atomic E-state index is 13.5. The van der Waals surface area contributed by atoms with Gasteiger partial charge in [0.15, 0.2) is 11.5 Å². The number of fused-ring (bicyclic) bond motifs is 2. The van der Waals surface area contributed by atoms with E-state index in [-0.39, 0.29) is 24.1 Å². The van der Waals surface area contributed by atoms with E-state index in [1.165, 1.54) is 23.8 Å². The molecular formula is C31H28FN3O4. The van der Waals surface area contributed by atoms with E-state index in [2.05, 4.69) is 10.6 Å². The van der Waals surface area contributed by atoms with Gasteiger partial charge in [0.05, 0.1) is 24.4 Å². The lowest BCUT2D eigenvalue weighted by Crippen LogP contribution is -2.22. The van der Waals surface area contributed by atoms with Crippen molar-refractivity contribution in [1.82, 2.24) is 4.57 Å². The Hall–Kier alpha value is -4.85. The van der Waals surface area contributed by atoms with Crippen LogP contribution in [0.3, 0.4) is 0 Å². The molecule has 0 amide bonds. The number of aromatic hydroxyl groups is 2. The van der Waals surface area contributed by atoms with Gasteiger partial charge >= 0.3 is 0 Å². The fourth-order valence-electron chi connectivity index (χ4n) is 5.16. The van der Waals surface area contributed by atoms with E-state index in [1.807, 2.05) is 60.7 Å². The highest BCUT2D eigenvalue weighted by Crippen LogP contribution is 2.56. The smallest absolute Gasteiger partial charge is 0.206 e. The molecular weight excluding hydrogens is 497 g/mol. The van der Waals surface area contributed by atoms with Gasteiger partial charge in [0.25, 0.3) is 0 Å². The second-order valence-electron chi connectivity index (χ2n) is 9.40. The molecule has 0 saturated heterocycles. The highest BCUT2D eigenvalue weighted by Gasteiger charge is 2.33. The van der Waals surface area contributed by atoms with Crippen LogP contribution in [-0.4, -0.2) is 35.0 Å². The second kappa shape index (κ2) is 10.1. The Bertz CT molecular complexity index is 1580. The number of anilines is 2. The maximum Gasteiger partial charge on any atom is 0.206 e. The third kappa shape index (κ3) is 4.33. The first-order chi connectivity index (χ1) is 19.1. The van der Waals surface area contributed by atoms with E-state index >= 15 is 0 Å². The Morgan fingerprint density at radius 3 is 1.82 bits per heavy atom. The Kier molecular flexibility index (Phi) is 6.36. The monoisotopic (exact) mass is 525 g/mol. The van der Waals surface area contributed by atoms with Crippen LogP contribution >= 0.6 is 0 Å². The van der Waals surface area contributed by atoms with Crippen molar-refractivity contribution >= 4 is 22.1 Å². The van der Waals surface area contributed by atoms with E-state index in [1.54, 1.807) is 12.1 Å². The van der Waals surface area contributed by atoms with Gasteiger partial charge in [-0.3, -0.25) is 4.57 Å². The molecule has 0 unspecified atom stereocenters. The predicted molar refractivity (Wildman–Crippen MR) is 150 cm³/mol. The van der Waals surface area contributed by atoms with Gasteiger partial charge in [-0.05, 0) is 28.8 Å². The first-order valence-electron chi connectivity index (χ1n) is 12.7. The molecule has 1 aliphatic heterocycles. The van der Waals surface area contributed by atoms with E-state index in [0.29, 0.717) is 52.3 Å². The lowest BCUT2D eigenvalue weighted by molar-refractivity contribution is 0.251. The number of methoxy groups -OCH3 is 1. The van der Waals surface area contributed by atoms with Gasteiger partial charge in [-0.2, -0.15) is 0 Å². The molecule has 4 aromatic carbocycles. The summed E-state index contributed by atoms with van der Waals surface area (Å²) in [5.41, 5.74) is 3.84. The summed E-state index contributed by atoms with van der Waals surface area (Å²) in [6, 6.07) is 25.6. The predicted octanol–water partition coefficient (Wildman–Crippen LogP) is 6.25. The van der Waals surface area contributed by atoms with Crippen molar-refractivity contribution < 1.29 is 24.1 Å². The van der Waals surface area contributed by atoms with Crippen LogP contribution < -0.4 is 20.1 Å². The van der Waals surface area contributed by atoms with Crippen LogP contribution in [0.25, 0.3) is 10.8 Å². The molecule has 198 valence electrons. The Morgan fingerprint density at radius 2 is 1.28 bits per heavy atom. The van der Waals surface area contributed by atoms with Crippen LogP contribution in [0.1, 0.15) is 22.8 Å². The molecule has 4 N–H and O–H groups in total. The highest BCUT2D eigenvalue weighted by atomic mass is 19.1. The number of hydrogen-bond donors (Lipinski definition) is 4. The van der Waals surface area contributed by atoms with Crippen LogP contribution in [0.2, 0.25) is 0 Å². The molecule has 5 aromatic rings. The number of nitrogens with one attached hydrogen (secondary N) is 2. The molecule has 0 fully saturated rings. The second-order valence-corrected chi connectivity index (χ2v) is 9.40. The largest absolute Gasteiger partial charge is 0.494 e. The van der Waals surface area contributed by atoms with E-state index in [0.717, 1.165) is 11.1 Å². The maximum absolute atomic E-state index is 13.5. The third-order valence-electron chi connectivity index (χ3n) is 6.99. The minimum atomic E-state index is -0.501. The normalized spacial score (nSPS) is 12.6. The van der Waals surface area contributed by atoms with Crippen LogP contribution in [0.15, 0.2) is 84.9 Å². The lowest BCUT2D eigenvalue weighted by atomic mass is 10.0.